The number of halogens is 1. The average Bonchev–Trinajstić information content (AvgIpc) is 3.21. The Kier molecular flexibility index (Phi) is 8.75. The standard InChI is InChI=1S/C21H32N6.HI/c1-17-10-12-26(15-20(17)27-13-11-23-16-27)21(22-2)24-14-19(25(3)4)18-8-6-5-7-9-18;/h5-9,11,13,16-17,19-20H,10,12,14-15H2,1-4H3,(H,22,24);1H. The number of nitrogens with zero attached hydrogens (tertiary/aromatic N) is 5. The monoisotopic (exact) mass is 496 g/mol. The first kappa shape index (κ1) is 22.7. The number of hydrogen-bond acceptors (Lipinski definition) is 3. The molecule has 7 heteroatoms. The number of nitrogens with one attached hydrogen (secondary N) is 1. The smallest absolute Gasteiger partial charge is 0.193 e. The molecule has 0 saturated carbocycles. The molecule has 1 aromatic heterocycles. The number of piperidine rings is 1. The van der Waals surface area contributed by atoms with E-state index in [0.29, 0.717) is 18.0 Å². The first-order chi connectivity index (χ1) is 13.1. The Labute approximate surface area is 186 Å². The zero-order valence-corrected chi connectivity index (χ0v) is 19.7. The van der Waals surface area contributed by atoms with Crippen molar-refractivity contribution in [2.45, 2.75) is 25.4 Å². The van der Waals surface area contributed by atoms with Crippen LogP contribution in [0.1, 0.15) is 31.0 Å². The normalized spacial score (nSPS) is 21.3. The highest BCUT2D eigenvalue weighted by Crippen LogP contribution is 2.27. The van der Waals surface area contributed by atoms with E-state index in [1.165, 1.54) is 5.56 Å². The number of guanidine groups is 1. The van der Waals surface area contributed by atoms with E-state index in [1.807, 2.05) is 19.6 Å². The number of rotatable bonds is 5. The molecule has 1 aromatic carbocycles. The number of likely N-dealkylation sites (N-methyl/N-ethyl adjacent to an activating group) is 1. The summed E-state index contributed by atoms with van der Waals surface area (Å²) >= 11 is 0. The number of imidazole rings is 1. The van der Waals surface area contributed by atoms with E-state index < -0.39 is 0 Å². The predicted octanol–water partition coefficient (Wildman–Crippen LogP) is 3.26. The molecule has 1 aliphatic heterocycles. The van der Waals surface area contributed by atoms with Gasteiger partial charge in [-0.1, -0.05) is 37.3 Å². The number of hydrogen-bond donors (Lipinski definition) is 1. The molecule has 154 valence electrons. The summed E-state index contributed by atoms with van der Waals surface area (Å²) in [6, 6.07) is 11.4. The van der Waals surface area contributed by atoms with Gasteiger partial charge in [0.05, 0.1) is 18.4 Å². The quantitative estimate of drug-likeness (QED) is 0.392. The number of benzene rings is 1. The second-order valence-electron chi connectivity index (χ2n) is 7.61. The van der Waals surface area contributed by atoms with Gasteiger partial charge >= 0.3 is 0 Å². The van der Waals surface area contributed by atoms with Crippen molar-refractivity contribution in [1.82, 2.24) is 24.7 Å². The Bertz CT molecular complexity index is 716. The fraction of sp³-hybridized carbons (Fsp3) is 0.524. The molecule has 0 bridgehead atoms. The molecule has 2 heterocycles. The van der Waals surface area contributed by atoms with Crippen LogP contribution in [0.3, 0.4) is 0 Å². The van der Waals surface area contributed by atoms with E-state index >= 15 is 0 Å². The predicted molar refractivity (Wildman–Crippen MR) is 126 cm³/mol. The lowest BCUT2D eigenvalue weighted by molar-refractivity contribution is 0.187. The zero-order chi connectivity index (χ0) is 19.2. The Morgan fingerprint density at radius 2 is 2.07 bits per heavy atom. The van der Waals surface area contributed by atoms with Crippen LogP contribution in [0.4, 0.5) is 0 Å². The molecule has 0 amide bonds. The zero-order valence-electron chi connectivity index (χ0n) is 17.3. The van der Waals surface area contributed by atoms with Crippen molar-refractivity contribution in [3.8, 4) is 0 Å². The van der Waals surface area contributed by atoms with Gasteiger partial charge in [-0.2, -0.15) is 0 Å². The van der Waals surface area contributed by atoms with Crippen molar-refractivity contribution in [2.75, 3.05) is 40.8 Å². The fourth-order valence-corrected chi connectivity index (χ4v) is 3.89. The summed E-state index contributed by atoms with van der Waals surface area (Å²) in [6.07, 6.45) is 7.01. The molecule has 3 unspecified atom stereocenters. The highest BCUT2D eigenvalue weighted by atomic mass is 127. The first-order valence-corrected chi connectivity index (χ1v) is 9.74. The van der Waals surface area contributed by atoms with Gasteiger partial charge in [-0.15, -0.1) is 24.0 Å². The van der Waals surface area contributed by atoms with Crippen LogP contribution in [0.15, 0.2) is 54.0 Å². The third-order valence-corrected chi connectivity index (χ3v) is 5.60. The van der Waals surface area contributed by atoms with E-state index in [2.05, 4.69) is 87.2 Å². The number of likely N-dealkylation sites (tertiary alicyclic amines) is 1. The third kappa shape index (κ3) is 5.47. The largest absolute Gasteiger partial charge is 0.354 e. The van der Waals surface area contributed by atoms with Crippen LogP contribution in [0.2, 0.25) is 0 Å². The topological polar surface area (TPSA) is 48.7 Å². The minimum Gasteiger partial charge on any atom is -0.354 e. The van der Waals surface area contributed by atoms with Gasteiger partial charge in [0.1, 0.15) is 0 Å². The van der Waals surface area contributed by atoms with Gasteiger partial charge in [-0.05, 0) is 32.0 Å². The van der Waals surface area contributed by atoms with Gasteiger partial charge in [0, 0.05) is 39.1 Å². The SMILES string of the molecule is CN=C(NCC(c1ccccc1)N(C)C)N1CCC(C)C(n2ccnc2)C1.I. The second kappa shape index (κ2) is 10.8. The summed E-state index contributed by atoms with van der Waals surface area (Å²) in [5.41, 5.74) is 1.31. The second-order valence-corrected chi connectivity index (χ2v) is 7.61. The lowest BCUT2D eigenvalue weighted by atomic mass is 9.93. The van der Waals surface area contributed by atoms with Gasteiger partial charge in [0.15, 0.2) is 5.96 Å². The minimum absolute atomic E-state index is 0. The van der Waals surface area contributed by atoms with E-state index in [4.69, 9.17) is 0 Å². The molecule has 28 heavy (non-hydrogen) atoms. The molecule has 0 spiro atoms. The molecule has 2 aromatic rings. The maximum absolute atomic E-state index is 4.57. The molecule has 6 nitrogen and oxygen atoms in total. The van der Waals surface area contributed by atoms with Crippen LogP contribution >= 0.6 is 24.0 Å². The van der Waals surface area contributed by atoms with E-state index in [9.17, 15) is 0 Å². The van der Waals surface area contributed by atoms with Crippen molar-refractivity contribution < 1.29 is 0 Å². The maximum Gasteiger partial charge on any atom is 0.193 e. The highest BCUT2D eigenvalue weighted by Gasteiger charge is 2.29. The third-order valence-electron chi connectivity index (χ3n) is 5.60. The van der Waals surface area contributed by atoms with E-state index in [0.717, 1.165) is 32.0 Å². The Morgan fingerprint density at radius 1 is 1.32 bits per heavy atom. The van der Waals surface area contributed by atoms with Gasteiger partial charge in [0.25, 0.3) is 0 Å². The lowest BCUT2D eigenvalue weighted by Gasteiger charge is -2.39. The van der Waals surface area contributed by atoms with Crippen molar-refractivity contribution in [3.05, 3.63) is 54.6 Å². The first-order valence-electron chi connectivity index (χ1n) is 9.74. The summed E-state index contributed by atoms with van der Waals surface area (Å²) in [4.78, 5) is 13.4. The molecule has 1 aliphatic rings. The minimum atomic E-state index is 0. The Hall–Kier alpha value is -1.61. The lowest BCUT2D eigenvalue weighted by Crippen LogP contribution is -2.50. The Morgan fingerprint density at radius 3 is 2.68 bits per heavy atom. The van der Waals surface area contributed by atoms with Gasteiger partial charge in [0.2, 0.25) is 0 Å². The number of aromatic nitrogens is 2. The molecular weight excluding hydrogens is 463 g/mol. The summed E-state index contributed by atoms with van der Waals surface area (Å²) in [5, 5.41) is 3.61. The molecule has 1 saturated heterocycles. The average molecular weight is 496 g/mol. The van der Waals surface area contributed by atoms with Crippen LogP contribution in [0, 0.1) is 5.92 Å². The molecule has 1 fully saturated rings. The van der Waals surface area contributed by atoms with Crippen molar-refractivity contribution >= 4 is 29.9 Å². The van der Waals surface area contributed by atoms with Crippen molar-refractivity contribution in [2.24, 2.45) is 10.9 Å². The summed E-state index contributed by atoms with van der Waals surface area (Å²) < 4.78 is 2.23. The van der Waals surface area contributed by atoms with E-state index in [1.54, 1.807) is 0 Å². The molecule has 0 radical (unpaired) electrons. The summed E-state index contributed by atoms with van der Waals surface area (Å²) in [7, 11) is 6.12. The molecule has 3 rings (SSSR count). The van der Waals surface area contributed by atoms with Crippen LogP contribution in [-0.4, -0.2) is 66.1 Å². The van der Waals surface area contributed by atoms with Crippen LogP contribution in [0.25, 0.3) is 0 Å². The van der Waals surface area contributed by atoms with Crippen molar-refractivity contribution in [3.63, 3.8) is 0 Å². The molecule has 1 N–H and O–H groups in total. The van der Waals surface area contributed by atoms with Gasteiger partial charge in [-0.3, -0.25) is 4.99 Å². The fourth-order valence-electron chi connectivity index (χ4n) is 3.89. The summed E-state index contributed by atoms with van der Waals surface area (Å²) in [6.45, 7) is 5.14. The summed E-state index contributed by atoms with van der Waals surface area (Å²) in [5.74, 6) is 1.61. The highest BCUT2D eigenvalue weighted by molar-refractivity contribution is 14.0. The van der Waals surface area contributed by atoms with Crippen LogP contribution < -0.4 is 5.32 Å². The molecule has 0 aliphatic carbocycles. The Balaban J connectivity index is 0.00000280. The van der Waals surface area contributed by atoms with Crippen molar-refractivity contribution in [1.29, 1.82) is 0 Å². The number of aliphatic imine (C=N–C) groups is 1. The van der Waals surface area contributed by atoms with E-state index in [-0.39, 0.29) is 24.0 Å². The molecule has 3 atom stereocenters. The van der Waals surface area contributed by atoms with Crippen LogP contribution in [0.5, 0.6) is 0 Å². The molecular formula is C21H33IN6. The van der Waals surface area contributed by atoms with Gasteiger partial charge < -0.3 is 19.7 Å². The van der Waals surface area contributed by atoms with Crippen LogP contribution in [-0.2, 0) is 0 Å². The van der Waals surface area contributed by atoms with Gasteiger partial charge in [-0.25, -0.2) is 4.98 Å². The maximum atomic E-state index is 4.57.